The number of carboxylic acid groups (broad SMARTS) is 1. The van der Waals surface area contributed by atoms with Crippen molar-refractivity contribution in [3.63, 3.8) is 0 Å². The van der Waals surface area contributed by atoms with Gasteiger partial charge in [0.05, 0.1) is 0 Å². The fourth-order valence-electron chi connectivity index (χ4n) is 3.52. The summed E-state index contributed by atoms with van der Waals surface area (Å²) in [6.07, 6.45) is 1.97. The van der Waals surface area contributed by atoms with E-state index in [0.717, 1.165) is 29.4 Å². The third-order valence-electron chi connectivity index (χ3n) is 5.11. The fourth-order valence-corrected chi connectivity index (χ4v) is 3.70. The quantitative estimate of drug-likeness (QED) is 0.365. The highest BCUT2D eigenvalue weighted by atomic mass is 35.5. The lowest BCUT2D eigenvalue weighted by Crippen LogP contribution is -2.41. The van der Waals surface area contributed by atoms with Gasteiger partial charge in [-0.15, -0.1) is 0 Å². The summed E-state index contributed by atoms with van der Waals surface area (Å²) in [5.41, 5.74) is 0.343. The van der Waals surface area contributed by atoms with Crippen molar-refractivity contribution in [3.05, 3.63) is 62.0 Å². The maximum atomic E-state index is 13.0. The van der Waals surface area contributed by atoms with E-state index in [9.17, 15) is 19.5 Å². The zero-order valence-corrected chi connectivity index (χ0v) is 18.1. The van der Waals surface area contributed by atoms with Crippen LogP contribution in [0.1, 0.15) is 38.2 Å². The Labute approximate surface area is 183 Å². The number of aromatic nitrogens is 4. The number of aromatic amines is 1. The molecule has 9 nitrogen and oxygen atoms in total. The van der Waals surface area contributed by atoms with Crippen LogP contribution in [0, 0.1) is 0 Å². The second kappa shape index (κ2) is 10.3. The fraction of sp³-hybridized carbons (Fsp3) is 0.429. The van der Waals surface area contributed by atoms with Gasteiger partial charge in [0.15, 0.2) is 11.2 Å². The Hall–Kier alpha value is -3.07. The highest BCUT2D eigenvalue weighted by Gasteiger charge is 2.18. The molecule has 0 bridgehead atoms. The number of nitrogens with one attached hydrogen (secondary N) is 1. The first-order valence-electron chi connectivity index (χ1n) is 10.3. The minimum absolute atomic E-state index is 0.0494. The lowest BCUT2D eigenvalue weighted by Gasteiger charge is -2.19. The molecule has 2 N–H and O–H groups in total. The van der Waals surface area contributed by atoms with Gasteiger partial charge >= 0.3 is 11.8 Å². The standard InChI is InChI=1S/C21H26ClN5O4/c1-2-3-7-12-26-17-16(23-19(22)24-17)18(28)27(20(26)29)13-8-11-25(21(30)31)14-15-9-5-4-6-10-15/h4-6,9-10H,2-3,7-8,11-14H2,1H3,(H,23,24)(H,30,31). The molecule has 0 aliphatic rings. The Morgan fingerprint density at radius 3 is 2.52 bits per heavy atom. The summed E-state index contributed by atoms with van der Waals surface area (Å²) in [5.74, 6) is 0. The van der Waals surface area contributed by atoms with Crippen LogP contribution in [0.5, 0.6) is 0 Å². The largest absolute Gasteiger partial charge is 0.465 e. The highest BCUT2D eigenvalue weighted by Crippen LogP contribution is 2.11. The number of amides is 1. The first kappa shape index (κ1) is 22.6. The van der Waals surface area contributed by atoms with Gasteiger partial charge in [-0.2, -0.15) is 4.98 Å². The molecular weight excluding hydrogens is 422 g/mol. The molecule has 0 atom stereocenters. The van der Waals surface area contributed by atoms with E-state index in [4.69, 9.17) is 11.6 Å². The normalized spacial score (nSPS) is 11.2. The van der Waals surface area contributed by atoms with Gasteiger partial charge in [-0.3, -0.25) is 13.9 Å². The van der Waals surface area contributed by atoms with Gasteiger partial charge in [0.1, 0.15) is 0 Å². The van der Waals surface area contributed by atoms with E-state index in [1.54, 1.807) is 0 Å². The van der Waals surface area contributed by atoms with E-state index in [2.05, 4.69) is 16.9 Å². The summed E-state index contributed by atoms with van der Waals surface area (Å²) in [6, 6.07) is 9.27. The molecule has 10 heteroatoms. The third-order valence-corrected chi connectivity index (χ3v) is 5.29. The maximum absolute atomic E-state index is 13.0. The topological polar surface area (TPSA) is 113 Å². The van der Waals surface area contributed by atoms with Gasteiger partial charge in [-0.05, 0) is 30.0 Å². The van der Waals surface area contributed by atoms with Crippen molar-refractivity contribution in [3.8, 4) is 0 Å². The number of hydrogen-bond donors (Lipinski definition) is 2. The number of carbonyl (C=O) groups is 1. The molecule has 0 unspecified atom stereocenters. The molecule has 1 aromatic carbocycles. The maximum Gasteiger partial charge on any atom is 0.407 e. The molecule has 0 aliphatic heterocycles. The summed E-state index contributed by atoms with van der Waals surface area (Å²) in [6.45, 7) is 3.01. The average molecular weight is 448 g/mol. The number of nitrogens with zero attached hydrogens (tertiary/aromatic N) is 4. The van der Waals surface area contributed by atoms with Gasteiger partial charge in [-0.1, -0.05) is 50.1 Å². The molecule has 0 radical (unpaired) electrons. The number of imidazole rings is 1. The molecule has 2 heterocycles. The van der Waals surface area contributed by atoms with Gasteiger partial charge in [0, 0.05) is 26.2 Å². The molecule has 166 valence electrons. The number of hydrogen-bond acceptors (Lipinski definition) is 4. The molecule has 1 amide bonds. The summed E-state index contributed by atoms with van der Waals surface area (Å²) in [7, 11) is 0. The zero-order valence-electron chi connectivity index (χ0n) is 17.4. The summed E-state index contributed by atoms with van der Waals surface area (Å²) < 4.78 is 2.60. The molecular formula is C21H26ClN5O4. The molecule has 0 saturated heterocycles. The Kier molecular flexibility index (Phi) is 7.51. The minimum atomic E-state index is -1.05. The highest BCUT2D eigenvalue weighted by molar-refractivity contribution is 6.28. The first-order valence-corrected chi connectivity index (χ1v) is 10.7. The summed E-state index contributed by atoms with van der Waals surface area (Å²) in [4.78, 5) is 45.6. The van der Waals surface area contributed by atoms with E-state index in [-0.39, 0.29) is 36.1 Å². The van der Waals surface area contributed by atoms with Crippen LogP contribution >= 0.6 is 11.6 Å². The molecule has 0 saturated carbocycles. The van der Waals surface area contributed by atoms with Gasteiger partial charge in [0.2, 0.25) is 5.28 Å². The van der Waals surface area contributed by atoms with Crippen LogP contribution in [-0.4, -0.2) is 41.7 Å². The number of benzene rings is 1. The Balaban J connectivity index is 1.81. The van der Waals surface area contributed by atoms with Crippen LogP contribution in [-0.2, 0) is 19.6 Å². The lowest BCUT2D eigenvalue weighted by atomic mass is 10.2. The number of aryl methyl sites for hydroxylation is 1. The molecule has 31 heavy (non-hydrogen) atoms. The smallest absolute Gasteiger partial charge is 0.407 e. The van der Waals surface area contributed by atoms with Crippen LogP contribution in [0.3, 0.4) is 0 Å². The van der Waals surface area contributed by atoms with Crippen molar-refractivity contribution < 1.29 is 9.90 Å². The zero-order chi connectivity index (χ0) is 22.4. The van der Waals surface area contributed by atoms with Gasteiger partial charge < -0.3 is 15.0 Å². The molecule has 2 aromatic heterocycles. The SMILES string of the molecule is CCCCCn1c(=O)n(CCCN(Cc2ccccc2)C(=O)O)c(=O)c2[nH]c(Cl)nc21. The second-order valence-corrected chi connectivity index (χ2v) is 7.73. The van der Waals surface area contributed by atoms with Crippen molar-refractivity contribution in [2.24, 2.45) is 0 Å². The molecule has 3 aromatic rings. The van der Waals surface area contributed by atoms with Crippen molar-refractivity contribution in [1.29, 1.82) is 0 Å². The average Bonchev–Trinajstić information content (AvgIpc) is 3.14. The Morgan fingerprint density at radius 2 is 1.84 bits per heavy atom. The minimum Gasteiger partial charge on any atom is -0.465 e. The van der Waals surface area contributed by atoms with Crippen LogP contribution in [0.2, 0.25) is 5.28 Å². The van der Waals surface area contributed by atoms with Gasteiger partial charge in [-0.25, -0.2) is 9.59 Å². The van der Waals surface area contributed by atoms with Crippen LogP contribution in [0.15, 0.2) is 39.9 Å². The van der Waals surface area contributed by atoms with E-state index in [0.29, 0.717) is 13.0 Å². The van der Waals surface area contributed by atoms with Crippen LogP contribution < -0.4 is 11.2 Å². The van der Waals surface area contributed by atoms with E-state index >= 15 is 0 Å². The van der Waals surface area contributed by atoms with Crippen molar-refractivity contribution in [1.82, 2.24) is 24.0 Å². The van der Waals surface area contributed by atoms with Gasteiger partial charge in [0.25, 0.3) is 5.56 Å². The number of unbranched alkanes of at least 4 members (excludes halogenated alkanes) is 2. The number of fused-ring (bicyclic) bond motifs is 1. The Morgan fingerprint density at radius 1 is 1.13 bits per heavy atom. The summed E-state index contributed by atoms with van der Waals surface area (Å²) >= 11 is 5.95. The molecule has 0 fully saturated rings. The van der Waals surface area contributed by atoms with E-state index in [1.165, 1.54) is 9.47 Å². The predicted octanol–water partition coefficient (Wildman–Crippen LogP) is 3.30. The molecule has 0 spiro atoms. The number of H-pyrrole nitrogens is 1. The second-order valence-electron chi connectivity index (χ2n) is 7.37. The first-order chi connectivity index (χ1) is 14.9. The summed E-state index contributed by atoms with van der Waals surface area (Å²) in [5, 5.41) is 9.56. The monoisotopic (exact) mass is 447 g/mol. The van der Waals surface area contributed by atoms with Crippen molar-refractivity contribution in [2.45, 2.75) is 52.2 Å². The predicted molar refractivity (Wildman–Crippen MR) is 119 cm³/mol. The van der Waals surface area contributed by atoms with E-state index < -0.39 is 17.3 Å². The molecule has 0 aliphatic carbocycles. The van der Waals surface area contributed by atoms with Crippen LogP contribution in [0.25, 0.3) is 11.2 Å². The molecule has 3 rings (SSSR count). The lowest BCUT2D eigenvalue weighted by molar-refractivity contribution is 0.141. The number of rotatable bonds is 10. The number of halogens is 1. The Bertz CT molecular complexity index is 1150. The van der Waals surface area contributed by atoms with E-state index in [1.807, 2.05) is 30.3 Å². The third kappa shape index (κ3) is 5.35. The van der Waals surface area contributed by atoms with Crippen LogP contribution in [0.4, 0.5) is 4.79 Å². The van der Waals surface area contributed by atoms with Crippen molar-refractivity contribution in [2.75, 3.05) is 6.54 Å². The van der Waals surface area contributed by atoms with Crippen molar-refractivity contribution >= 4 is 28.9 Å².